The van der Waals surface area contributed by atoms with E-state index < -0.39 is 15.8 Å². The predicted molar refractivity (Wildman–Crippen MR) is 68.2 cm³/mol. The molecule has 0 atom stereocenters. The standard InChI is InChI=1S/C13H18FNO2S/c1-2-8-15(10-11-6-7-11)18(16,17)13-5-3-4-12(14)9-13/h3-5,9,11H,2,6-8,10H2,1H3. The van der Waals surface area contributed by atoms with Crippen molar-refractivity contribution in [3.8, 4) is 0 Å². The quantitative estimate of drug-likeness (QED) is 0.797. The summed E-state index contributed by atoms with van der Waals surface area (Å²) in [6, 6.07) is 5.23. The molecular weight excluding hydrogens is 253 g/mol. The highest BCUT2D eigenvalue weighted by molar-refractivity contribution is 7.89. The van der Waals surface area contributed by atoms with Crippen molar-refractivity contribution < 1.29 is 12.8 Å². The van der Waals surface area contributed by atoms with Gasteiger partial charge in [-0.15, -0.1) is 0 Å². The molecule has 0 radical (unpaired) electrons. The zero-order chi connectivity index (χ0) is 13.2. The molecule has 0 unspecified atom stereocenters. The van der Waals surface area contributed by atoms with Gasteiger partial charge in [-0.2, -0.15) is 4.31 Å². The van der Waals surface area contributed by atoms with Gasteiger partial charge in [-0.3, -0.25) is 0 Å². The summed E-state index contributed by atoms with van der Waals surface area (Å²) in [5, 5.41) is 0. The number of hydrogen-bond donors (Lipinski definition) is 0. The Balaban J connectivity index is 2.25. The Morgan fingerprint density at radius 3 is 2.67 bits per heavy atom. The number of hydrogen-bond acceptors (Lipinski definition) is 2. The largest absolute Gasteiger partial charge is 0.243 e. The molecule has 100 valence electrons. The first-order chi connectivity index (χ1) is 8.54. The lowest BCUT2D eigenvalue weighted by Gasteiger charge is -2.21. The van der Waals surface area contributed by atoms with E-state index in [1.807, 2.05) is 6.92 Å². The summed E-state index contributed by atoms with van der Waals surface area (Å²) >= 11 is 0. The van der Waals surface area contributed by atoms with E-state index in [0.717, 1.165) is 25.3 Å². The average molecular weight is 271 g/mol. The summed E-state index contributed by atoms with van der Waals surface area (Å²) in [7, 11) is -3.55. The van der Waals surface area contributed by atoms with Crippen molar-refractivity contribution >= 4 is 10.0 Å². The van der Waals surface area contributed by atoms with E-state index in [2.05, 4.69) is 0 Å². The van der Waals surface area contributed by atoms with Gasteiger partial charge >= 0.3 is 0 Å². The molecule has 1 saturated carbocycles. The first-order valence-electron chi connectivity index (χ1n) is 6.29. The molecule has 1 aromatic rings. The second-order valence-electron chi connectivity index (χ2n) is 4.76. The summed E-state index contributed by atoms with van der Waals surface area (Å²) < 4.78 is 39.4. The summed E-state index contributed by atoms with van der Waals surface area (Å²) in [4.78, 5) is 0.0524. The number of sulfonamides is 1. The fourth-order valence-corrected chi connectivity index (χ4v) is 3.56. The second kappa shape index (κ2) is 5.36. The van der Waals surface area contributed by atoms with Gasteiger partial charge in [0.15, 0.2) is 0 Å². The molecule has 18 heavy (non-hydrogen) atoms. The van der Waals surface area contributed by atoms with Crippen LogP contribution in [-0.4, -0.2) is 25.8 Å². The minimum Gasteiger partial charge on any atom is -0.207 e. The van der Waals surface area contributed by atoms with E-state index in [1.165, 1.54) is 22.5 Å². The van der Waals surface area contributed by atoms with Crippen LogP contribution in [0, 0.1) is 11.7 Å². The highest BCUT2D eigenvalue weighted by atomic mass is 32.2. The topological polar surface area (TPSA) is 37.4 Å². The predicted octanol–water partition coefficient (Wildman–Crippen LogP) is 2.64. The molecule has 0 aromatic heterocycles. The number of benzene rings is 1. The molecule has 3 nitrogen and oxygen atoms in total. The first kappa shape index (κ1) is 13.5. The number of rotatable bonds is 6. The molecule has 0 amide bonds. The van der Waals surface area contributed by atoms with Gasteiger partial charge in [0.25, 0.3) is 0 Å². The third kappa shape index (κ3) is 3.09. The monoisotopic (exact) mass is 271 g/mol. The molecular formula is C13H18FNO2S. The van der Waals surface area contributed by atoms with Crippen LogP contribution in [-0.2, 0) is 10.0 Å². The minimum absolute atomic E-state index is 0.0524. The SMILES string of the molecule is CCCN(CC1CC1)S(=O)(=O)c1cccc(F)c1. The van der Waals surface area contributed by atoms with Crippen molar-refractivity contribution in [1.29, 1.82) is 0 Å². The number of halogens is 1. The Hall–Kier alpha value is -0.940. The molecule has 0 spiro atoms. The zero-order valence-electron chi connectivity index (χ0n) is 10.5. The summed E-state index contributed by atoms with van der Waals surface area (Å²) in [5.74, 6) is -0.0289. The van der Waals surface area contributed by atoms with Crippen LogP contribution in [0.3, 0.4) is 0 Å². The Bertz CT molecular complexity index is 511. The van der Waals surface area contributed by atoms with Crippen molar-refractivity contribution in [2.45, 2.75) is 31.1 Å². The van der Waals surface area contributed by atoms with E-state index in [4.69, 9.17) is 0 Å². The van der Waals surface area contributed by atoms with Crippen LogP contribution in [0.4, 0.5) is 4.39 Å². The van der Waals surface area contributed by atoms with E-state index >= 15 is 0 Å². The molecule has 1 aliphatic rings. The van der Waals surface area contributed by atoms with Crippen LogP contribution in [0.2, 0.25) is 0 Å². The maximum Gasteiger partial charge on any atom is 0.243 e. The second-order valence-corrected chi connectivity index (χ2v) is 6.70. The lowest BCUT2D eigenvalue weighted by Crippen LogP contribution is -2.33. The van der Waals surface area contributed by atoms with Gasteiger partial charge in [0.1, 0.15) is 5.82 Å². The van der Waals surface area contributed by atoms with Crippen LogP contribution in [0.1, 0.15) is 26.2 Å². The molecule has 0 heterocycles. The van der Waals surface area contributed by atoms with Crippen LogP contribution in [0.15, 0.2) is 29.2 Å². The fraction of sp³-hybridized carbons (Fsp3) is 0.538. The molecule has 1 aromatic carbocycles. The number of nitrogens with zero attached hydrogens (tertiary/aromatic N) is 1. The van der Waals surface area contributed by atoms with Crippen molar-refractivity contribution in [3.05, 3.63) is 30.1 Å². The Morgan fingerprint density at radius 1 is 1.39 bits per heavy atom. The Morgan fingerprint density at radius 2 is 2.11 bits per heavy atom. The van der Waals surface area contributed by atoms with Crippen molar-refractivity contribution in [2.24, 2.45) is 5.92 Å². The third-order valence-electron chi connectivity index (χ3n) is 3.07. The molecule has 0 saturated heterocycles. The smallest absolute Gasteiger partial charge is 0.207 e. The lowest BCUT2D eigenvalue weighted by molar-refractivity contribution is 0.395. The Labute approximate surface area is 108 Å². The maximum atomic E-state index is 13.1. The summed E-state index contributed by atoms with van der Waals surface area (Å²) in [5.41, 5.74) is 0. The minimum atomic E-state index is -3.55. The van der Waals surface area contributed by atoms with Crippen LogP contribution in [0.25, 0.3) is 0 Å². The molecule has 1 fully saturated rings. The molecule has 0 bridgehead atoms. The lowest BCUT2D eigenvalue weighted by atomic mass is 10.4. The normalized spacial score (nSPS) is 16.2. The van der Waals surface area contributed by atoms with Crippen molar-refractivity contribution in [2.75, 3.05) is 13.1 Å². The van der Waals surface area contributed by atoms with E-state index in [-0.39, 0.29) is 4.90 Å². The molecule has 2 rings (SSSR count). The van der Waals surface area contributed by atoms with Gasteiger partial charge in [-0.05, 0) is 43.4 Å². The summed E-state index contributed by atoms with van der Waals surface area (Å²) in [6.45, 7) is 3.00. The first-order valence-corrected chi connectivity index (χ1v) is 7.73. The average Bonchev–Trinajstić information content (AvgIpc) is 3.12. The zero-order valence-corrected chi connectivity index (χ0v) is 11.3. The molecule has 1 aliphatic carbocycles. The van der Waals surface area contributed by atoms with E-state index in [0.29, 0.717) is 19.0 Å². The third-order valence-corrected chi connectivity index (χ3v) is 4.93. The van der Waals surface area contributed by atoms with Gasteiger partial charge in [-0.1, -0.05) is 13.0 Å². The van der Waals surface area contributed by atoms with E-state index in [1.54, 1.807) is 0 Å². The van der Waals surface area contributed by atoms with Gasteiger partial charge in [0, 0.05) is 13.1 Å². The Kier molecular flexibility index (Phi) is 4.02. The van der Waals surface area contributed by atoms with Gasteiger partial charge in [-0.25, -0.2) is 12.8 Å². The van der Waals surface area contributed by atoms with E-state index in [9.17, 15) is 12.8 Å². The van der Waals surface area contributed by atoms with Crippen LogP contribution >= 0.6 is 0 Å². The van der Waals surface area contributed by atoms with Crippen LogP contribution in [0.5, 0.6) is 0 Å². The maximum absolute atomic E-state index is 13.1. The van der Waals surface area contributed by atoms with Gasteiger partial charge in [0.2, 0.25) is 10.0 Å². The highest BCUT2D eigenvalue weighted by Gasteiger charge is 2.31. The molecule has 0 N–H and O–H groups in total. The molecule has 0 aliphatic heterocycles. The van der Waals surface area contributed by atoms with Crippen molar-refractivity contribution in [3.63, 3.8) is 0 Å². The summed E-state index contributed by atoms with van der Waals surface area (Å²) in [6.07, 6.45) is 2.96. The molecule has 5 heteroatoms. The van der Waals surface area contributed by atoms with Gasteiger partial charge in [0.05, 0.1) is 4.90 Å². The van der Waals surface area contributed by atoms with Crippen LogP contribution < -0.4 is 0 Å². The highest BCUT2D eigenvalue weighted by Crippen LogP contribution is 2.31. The fourth-order valence-electron chi connectivity index (χ4n) is 1.92. The van der Waals surface area contributed by atoms with Gasteiger partial charge < -0.3 is 0 Å². The van der Waals surface area contributed by atoms with Crippen molar-refractivity contribution in [1.82, 2.24) is 4.31 Å².